The molecule has 94 valence electrons. The van der Waals surface area contributed by atoms with Gasteiger partial charge in [0.1, 0.15) is 0 Å². The first-order valence-electron chi connectivity index (χ1n) is 5.64. The average Bonchev–Trinajstić information content (AvgIpc) is 2.81. The fourth-order valence-electron chi connectivity index (χ4n) is 1.60. The normalized spacial score (nSPS) is 10.5. The Hall–Kier alpha value is -1.72. The van der Waals surface area contributed by atoms with Crippen LogP contribution in [0.4, 0.5) is 5.00 Å². The average molecular weight is 262 g/mol. The molecule has 0 spiro atoms. The molecule has 1 heterocycles. The van der Waals surface area contributed by atoms with Crippen molar-refractivity contribution in [2.45, 2.75) is 20.0 Å². The molecule has 2 rings (SSSR count). The SMILES string of the molecule is Cc1ccc(CNCc2ccc([N+](=O)[O-])s2)cc1. The summed E-state index contributed by atoms with van der Waals surface area (Å²) in [5.74, 6) is 0. The van der Waals surface area contributed by atoms with Crippen LogP contribution in [0.2, 0.25) is 0 Å². The maximum Gasteiger partial charge on any atom is 0.324 e. The number of aryl methyl sites for hydroxylation is 1. The fraction of sp³-hybridized carbons (Fsp3) is 0.231. The van der Waals surface area contributed by atoms with Crippen LogP contribution >= 0.6 is 11.3 Å². The van der Waals surface area contributed by atoms with Gasteiger partial charge in [-0.2, -0.15) is 0 Å². The maximum absolute atomic E-state index is 10.5. The number of thiophene rings is 1. The van der Waals surface area contributed by atoms with Crippen molar-refractivity contribution in [3.63, 3.8) is 0 Å². The van der Waals surface area contributed by atoms with Gasteiger partial charge < -0.3 is 5.32 Å². The summed E-state index contributed by atoms with van der Waals surface area (Å²) in [5, 5.41) is 14.0. The zero-order valence-corrected chi connectivity index (χ0v) is 10.9. The second-order valence-corrected chi connectivity index (χ2v) is 5.23. The highest BCUT2D eigenvalue weighted by atomic mass is 32.1. The Morgan fingerprint density at radius 3 is 2.50 bits per heavy atom. The van der Waals surface area contributed by atoms with E-state index in [4.69, 9.17) is 0 Å². The van der Waals surface area contributed by atoms with Crippen LogP contribution < -0.4 is 5.32 Å². The Kier molecular flexibility index (Phi) is 4.07. The third kappa shape index (κ3) is 3.38. The van der Waals surface area contributed by atoms with E-state index in [1.807, 2.05) is 0 Å². The van der Waals surface area contributed by atoms with E-state index in [1.165, 1.54) is 22.5 Å². The summed E-state index contributed by atoms with van der Waals surface area (Å²) in [7, 11) is 0. The number of rotatable bonds is 5. The molecule has 1 N–H and O–H groups in total. The Bertz CT molecular complexity index is 534. The van der Waals surface area contributed by atoms with Crippen molar-refractivity contribution in [1.29, 1.82) is 0 Å². The van der Waals surface area contributed by atoms with Gasteiger partial charge in [-0.25, -0.2) is 0 Å². The molecule has 0 bridgehead atoms. The van der Waals surface area contributed by atoms with Crippen molar-refractivity contribution in [3.8, 4) is 0 Å². The molecule has 0 saturated carbocycles. The summed E-state index contributed by atoms with van der Waals surface area (Å²) in [6.45, 7) is 3.49. The zero-order chi connectivity index (χ0) is 13.0. The van der Waals surface area contributed by atoms with E-state index in [0.717, 1.165) is 11.4 Å². The van der Waals surface area contributed by atoms with E-state index < -0.39 is 0 Å². The van der Waals surface area contributed by atoms with Crippen molar-refractivity contribution >= 4 is 16.3 Å². The molecule has 0 aliphatic carbocycles. The van der Waals surface area contributed by atoms with E-state index in [2.05, 4.69) is 36.5 Å². The summed E-state index contributed by atoms with van der Waals surface area (Å²) >= 11 is 1.22. The van der Waals surface area contributed by atoms with Gasteiger partial charge >= 0.3 is 5.00 Å². The summed E-state index contributed by atoms with van der Waals surface area (Å²) in [6, 6.07) is 11.7. The molecular formula is C13H14N2O2S. The molecule has 0 atom stereocenters. The Morgan fingerprint density at radius 1 is 1.17 bits per heavy atom. The van der Waals surface area contributed by atoms with Gasteiger partial charge in [0.25, 0.3) is 0 Å². The van der Waals surface area contributed by atoms with Crippen molar-refractivity contribution < 1.29 is 4.92 Å². The van der Waals surface area contributed by atoms with Gasteiger partial charge in [0.15, 0.2) is 0 Å². The van der Waals surface area contributed by atoms with Crippen LogP contribution in [0.25, 0.3) is 0 Å². The van der Waals surface area contributed by atoms with Crippen LogP contribution in [0.15, 0.2) is 36.4 Å². The Labute approximate surface area is 109 Å². The third-order valence-electron chi connectivity index (χ3n) is 2.58. The van der Waals surface area contributed by atoms with Crippen LogP contribution in [0, 0.1) is 17.0 Å². The second-order valence-electron chi connectivity index (χ2n) is 4.09. The lowest BCUT2D eigenvalue weighted by Crippen LogP contribution is -2.11. The lowest BCUT2D eigenvalue weighted by Gasteiger charge is -2.03. The van der Waals surface area contributed by atoms with Gasteiger partial charge in [-0.15, -0.1) is 0 Å². The third-order valence-corrected chi connectivity index (χ3v) is 3.61. The van der Waals surface area contributed by atoms with Crippen molar-refractivity contribution in [3.05, 3.63) is 62.5 Å². The minimum Gasteiger partial charge on any atom is -0.308 e. The van der Waals surface area contributed by atoms with E-state index in [1.54, 1.807) is 12.1 Å². The molecule has 0 saturated heterocycles. The number of benzene rings is 1. The van der Waals surface area contributed by atoms with Gasteiger partial charge in [-0.05, 0) is 18.6 Å². The zero-order valence-electron chi connectivity index (χ0n) is 10.1. The summed E-state index contributed by atoms with van der Waals surface area (Å²) < 4.78 is 0. The molecule has 0 unspecified atom stereocenters. The highest BCUT2D eigenvalue weighted by Crippen LogP contribution is 2.23. The Morgan fingerprint density at radius 2 is 1.89 bits per heavy atom. The lowest BCUT2D eigenvalue weighted by molar-refractivity contribution is -0.380. The number of nitrogens with one attached hydrogen (secondary N) is 1. The van der Waals surface area contributed by atoms with Gasteiger partial charge in [-0.1, -0.05) is 41.2 Å². The van der Waals surface area contributed by atoms with Crippen molar-refractivity contribution in [2.24, 2.45) is 0 Å². The van der Waals surface area contributed by atoms with Crippen LogP contribution in [0.3, 0.4) is 0 Å². The number of hydrogen-bond acceptors (Lipinski definition) is 4. The topological polar surface area (TPSA) is 55.2 Å². The smallest absolute Gasteiger partial charge is 0.308 e. The first kappa shape index (κ1) is 12.7. The van der Waals surface area contributed by atoms with Gasteiger partial charge in [-0.3, -0.25) is 10.1 Å². The minimum absolute atomic E-state index is 0.196. The number of hydrogen-bond donors (Lipinski definition) is 1. The molecule has 0 aliphatic heterocycles. The minimum atomic E-state index is -0.353. The largest absolute Gasteiger partial charge is 0.324 e. The van der Waals surface area contributed by atoms with Crippen molar-refractivity contribution in [2.75, 3.05) is 0 Å². The van der Waals surface area contributed by atoms with Crippen LogP contribution in [-0.2, 0) is 13.1 Å². The first-order valence-corrected chi connectivity index (χ1v) is 6.46. The van der Waals surface area contributed by atoms with Crippen LogP contribution in [0.1, 0.15) is 16.0 Å². The molecule has 0 radical (unpaired) electrons. The molecule has 0 aliphatic rings. The summed E-state index contributed by atoms with van der Waals surface area (Å²) in [6.07, 6.45) is 0. The van der Waals surface area contributed by atoms with Crippen molar-refractivity contribution in [1.82, 2.24) is 5.32 Å². The van der Waals surface area contributed by atoms with Gasteiger partial charge in [0.2, 0.25) is 0 Å². The molecule has 5 heteroatoms. The molecule has 0 amide bonds. The highest BCUT2D eigenvalue weighted by Gasteiger charge is 2.08. The lowest BCUT2D eigenvalue weighted by atomic mass is 10.1. The molecule has 4 nitrogen and oxygen atoms in total. The molecule has 1 aromatic carbocycles. The van der Waals surface area contributed by atoms with Gasteiger partial charge in [0.05, 0.1) is 4.92 Å². The summed E-state index contributed by atoms with van der Waals surface area (Å²) in [5.41, 5.74) is 2.46. The molecule has 1 aromatic heterocycles. The van der Waals surface area contributed by atoms with E-state index >= 15 is 0 Å². The van der Waals surface area contributed by atoms with Crippen LogP contribution in [0.5, 0.6) is 0 Å². The van der Waals surface area contributed by atoms with E-state index in [-0.39, 0.29) is 9.92 Å². The Balaban J connectivity index is 1.84. The van der Waals surface area contributed by atoms with E-state index in [9.17, 15) is 10.1 Å². The fourth-order valence-corrected chi connectivity index (χ4v) is 2.39. The van der Waals surface area contributed by atoms with Crippen LogP contribution in [-0.4, -0.2) is 4.92 Å². The highest BCUT2D eigenvalue weighted by molar-refractivity contribution is 7.15. The first-order chi connectivity index (χ1) is 8.65. The summed E-state index contributed by atoms with van der Waals surface area (Å²) in [4.78, 5) is 11.2. The maximum atomic E-state index is 10.5. The second kappa shape index (κ2) is 5.75. The number of nitro groups is 1. The predicted octanol–water partition coefficient (Wildman–Crippen LogP) is 3.25. The molecule has 18 heavy (non-hydrogen) atoms. The number of nitrogens with zero attached hydrogens (tertiary/aromatic N) is 1. The predicted molar refractivity (Wildman–Crippen MR) is 72.7 cm³/mol. The van der Waals surface area contributed by atoms with Gasteiger partial charge in [0, 0.05) is 24.0 Å². The quantitative estimate of drug-likeness (QED) is 0.664. The standard InChI is InChI=1S/C13H14N2O2S/c1-10-2-4-11(5-3-10)8-14-9-12-6-7-13(18-12)15(16)17/h2-7,14H,8-9H2,1H3. The monoisotopic (exact) mass is 262 g/mol. The molecule has 2 aromatic rings. The molecule has 0 fully saturated rings. The van der Waals surface area contributed by atoms with E-state index in [0.29, 0.717) is 6.54 Å². The molecular weight excluding hydrogens is 248 g/mol.